The fourth-order valence-electron chi connectivity index (χ4n) is 2.00. The molecule has 2 aliphatic rings. The Morgan fingerprint density at radius 2 is 2.13 bits per heavy atom. The summed E-state index contributed by atoms with van der Waals surface area (Å²) in [6.45, 7) is 7.28. The summed E-state index contributed by atoms with van der Waals surface area (Å²) in [4.78, 5) is 13.7. The topological polar surface area (TPSA) is 42.1 Å². The second kappa shape index (κ2) is 3.67. The molecule has 1 unspecified atom stereocenters. The molecular formula is C11H19NO3. The average Bonchev–Trinajstić information content (AvgIpc) is 2.80. The van der Waals surface area contributed by atoms with Crippen LogP contribution in [0, 0.1) is 0 Å². The first kappa shape index (κ1) is 10.7. The first-order chi connectivity index (χ1) is 6.97. The molecule has 4 nitrogen and oxygen atoms in total. The molecule has 2 fully saturated rings. The van der Waals surface area contributed by atoms with Crippen molar-refractivity contribution < 1.29 is 14.3 Å². The molecule has 4 heteroatoms. The van der Waals surface area contributed by atoms with Crippen molar-refractivity contribution in [3.63, 3.8) is 0 Å². The van der Waals surface area contributed by atoms with Crippen LogP contribution in [0.4, 0.5) is 4.79 Å². The fraction of sp³-hybridized carbons (Fsp3) is 0.909. The van der Waals surface area contributed by atoms with Gasteiger partial charge in [0.15, 0.2) is 0 Å². The first-order valence-corrected chi connectivity index (χ1v) is 5.58. The van der Waals surface area contributed by atoms with Crippen LogP contribution in [0.15, 0.2) is 0 Å². The predicted octanol–water partition coefficient (Wildman–Crippen LogP) is 1.78. The molecule has 86 valence electrons. The van der Waals surface area contributed by atoms with E-state index >= 15 is 0 Å². The van der Waals surface area contributed by atoms with Gasteiger partial charge in [0.2, 0.25) is 0 Å². The van der Waals surface area contributed by atoms with E-state index in [1.54, 1.807) is 0 Å². The van der Waals surface area contributed by atoms with E-state index in [2.05, 4.69) is 0 Å². The Hall–Kier alpha value is -0.770. The highest BCUT2D eigenvalue weighted by atomic mass is 16.6. The number of hydrogen-bond donors (Lipinski definition) is 0. The Morgan fingerprint density at radius 1 is 1.47 bits per heavy atom. The van der Waals surface area contributed by atoms with Crippen molar-refractivity contribution in [1.29, 1.82) is 0 Å². The summed E-state index contributed by atoms with van der Waals surface area (Å²) in [5.74, 6) is 0. The van der Waals surface area contributed by atoms with E-state index in [1.807, 2.05) is 25.7 Å². The van der Waals surface area contributed by atoms with Crippen molar-refractivity contribution in [3.8, 4) is 0 Å². The number of nitrogens with zero attached hydrogens (tertiary/aromatic N) is 1. The Balaban J connectivity index is 1.93. The second-order valence-corrected chi connectivity index (χ2v) is 5.26. The quantitative estimate of drug-likeness (QED) is 0.623. The molecule has 0 aromatic rings. The molecule has 0 saturated carbocycles. The van der Waals surface area contributed by atoms with Gasteiger partial charge in [-0.05, 0) is 33.6 Å². The fourth-order valence-corrected chi connectivity index (χ4v) is 2.00. The van der Waals surface area contributed by atoms with Crippen molar-refractivity contribution >= 4 is 6.09 Å². The molecule has 0 radical (unpaired) electrons. The molecule has 0 aromatic carbocycles. The third-order valence-corrected chi connectivity index (χ3v) is 2.72. The van der Waals surface area contributed by atoms with Crippen LogP contribution < -0.4 is 0 Å². The smallest absolute Gasteiger partial charge is 0.410 e. The van der Waals surface area contributed by atoms with Gasteiger partial charge in [0.25, 0.3) is 0 Å². The number of ether oxygens (including phenoxy) is 2. The van der Waals surface area contributed by atoms with Crippen LogP contribution in [-0.2, 0) is 9.47 Å². The molecule has 0 spiro atoms. The third kappa shape index (κ3) is 2.62. The summed E-state index contributed by atoms with van der Waals surface area (Å²) in [5, 5.41) is 0. The Bertz CT molecular complexity index is 255. The van der Waals surface area contributed by atoms with Crippen LogP contribution in [0.2, 0.25) is 0 Å². The lowest BCUT2D eigenvalue weighted by atomic mass is 10.1. The highest BCUT2D eigenvalue weighted by Gasteiger charge is 2.42. The van der Waals surface area contributed by atoms with Crippen molar-refractivity contribution in [3.05, 3.63) is 0 Å². The lowest BCUT2D eigenvalue weighted by Gasteiger charge is -2.27. The van der Waals surface area contributed by atoms with Gasteiger partial charge in [0.1, 0.15) is 11.7 Å². The van der Waals surface area contributed by atoms with Gasteiger partial charge < -0.3 is 14.4 Å². The molecular weight excluding hydrogens is 194 g/mol. The van der Waals surface area contributed by atoms with Gasteiger partial charge in [0.05, 0.1) is 12.6 Å². The Labute approximate surface area is 90.5 Å². The number of hydrogen-bond acceptors (Lipinski definition) is 3. The Morgan fingerprint density at radius 3 is 2.67 bits per heavy atom. The van der Waals surface area contributed by atoms with Gasteiger partial charge in [-0.25, -0.2) is 4.79 Å². The van der Waals surface area contributed by atoms with Crippen LogP contribution in [0.5, 0.6) is 0 Å². The molecule has 0 aliphatic carbocycles. The number of likely N-dealkylation sites (tertiary alicyclic amines) is 1. The number of rotatable bonds is 1. The van der Waals surface area contributed by atoms with E-state index in [-0.39, 0.29) is 18.2 Å². The molecule has 2 aliphatic heterocycles. The van der Waals surface area contributed by atoms with Crippen LogP contribution >= 0.6 is 0 Å². The van der Waals surface area contributed by atoms with Crippen molar-refractivity contribution in [2.75, 3.05) is 13.2 Å². The number of amides is 1. The zero-order valence-electron chi connectivity index (χ0n) is 9.66. The monoisotopic (exact) mass is 213 g/mol. The summed E-state index contributed by atoms with van der Waals surface area (Å²) in [5.41, 5.74) is -0.408. The summed E-state index contributed by atoms with van der Waals surface area (Å²) in [6.07, 6.45) is 2.17. The second-order valence-electron chi connectivity index (χ2n) is 5.26. The summed E-state index contributed by atoms with van der Waals surface area (Å²) >= 11 is 0. The maximum Gasteiger partial charge on any atom is 0.410 e. The van der Waals surface area contributed by atoms with Crippen LogP contribution in [0.3, 0.4) is 0 Å². The predicted molar refractivity (Wildman–Crippen MR) is 55.7 cm³/mol. The van der Waals surface area contributed by atoms with E-state index in [1.165, 1.54) is 0 Å². The van der Waals surface area contributed by atoms with Gasteiger partial charge in [0, 0.05) is 6.54 Å². The summed E-state index contributed by atoms with van der Waals surface area (Å²) < 4.78 is 10.6. The van der Waals surface area contributed by atoms with E-state index in [0.29, 0.717) is 0 Å². The van der Waals surface area contributed by atoms with Crippen LogP contribution in [-0.4, -0.2) is 41.9 Å². The van der Waals surface area contributed by atoms with Gasteiger partial charge in [-0.2, -0.15) is 0 Å². The molecule has 2 rings (SSSR count). The molecule has 2 saturated heterocycles. The highest BCUT2D eigenvalue weighted by molar-refractivity contribution is 5.69. The maximum absolute atomic E-state index is 11.9. The molecule has 2 heterocycles. The highest BCUT2D eigenvalue weighted by Crippen LogP contribution is 2.29. The SMILES string of the molecule is CC(C)(C)OC(=O)N1CCCC1[C@@H]1CO1. The summed E-state index contributed by atoms with van der Waals surface area (Å²) in [7, 11) is 0. The zero-order valence-corrected chi connectivity index (χ0v) is 9.66. The minimum Gasteiger partial charge on any atom is -0.444 e. The van der Waals surface area contributed by atoms with Gasteiger partial charge in [-0.15, -0.1) is 0 Å². The van der Waals surface area contributed by atoms with Gasteiger partial charge in [-0.1, -0.05) is 0 Å². The Kier molecular flexibility index (Phi) is 2.63. The lowest BCUT2D eigenvalue weighted by Crippen LogP contribution is -2.42. The van der Waals surface area contributed by atoms with E-state index in [9.17, 15) is 4.79 Å². The molecule has 2 atom stereocenters. The van der Waals surface area contributed by atoms with Crippen molar-refractivity contribution in [2.24, 2.45) is 0 Å². The van der Waals surface area contributed by atoms with Gasteiger partial charge in [-0.3, -0.25) is 0 Å². The van der Waals surface area contributed by atoms with E-state index in [4.69, 9.17) is 9.47 Å². The van der Waals surface area contributed by atoms with E-state index < -0.39 is 5.60 Å². The standard InChI is InChI=1S/C11H19NO3/c1-11(2,3)15-10(13)12-6-4-5-8(12)9-7-14-9/h8-9H,4-7H2,1-3H3/t8?,9-/m0/s1. The van der Waals surface area contributed by atoms with Crippen LogP contribution in [0.1, 0.15) is 33.6 Å². The minimum atomic E-state index is -0.408. The molecule has 0 aromatic heterocycles. The number of carbonyl (C=O) groups is 1. The van der Waals surface area contributed by atoms with Gasteiger partial charge >= 0.3 is 6.09 Å². The van der Waals surface area contributed by atoms with Crippen molar-refractivity contribution in [1.82, 2.24) is 4.90 Å². The maximum atomic E-state index is 11.9. The minimum absolute atomic E-state index is 0.194. The average molecular weight is 213 g/mol. The number of epoxide rings is 1. The third-order valence-electron chi connectivity index (χ3n) is 2.72. The molecule has 0 N–H and O–H groups in total. The normalized spacial score (nSPS) is 30.5. The number of carbonyl (C=O) groups excluding carboxylic acids is 1. The van der Waals surface area contributed by atoms with E-state index in [0.717, 1.165) is 26.0 Å². The van der Waals surface area contributed by atoms with Crippen LogP contribution in [0.25, 0.3) is 0 Å². The molecule has 1 amide bonds. The largest absolute Gasteiger partial charge is 0.444 e. The molecule has 0 bridgehead atoms. The first-order valence-electron chi connectivity index (χ1n) is 5.58. The summed E-state index contributed by atoms with van der Waals surface area (Å²) in [6, 6.07) is 0.250. The lowest BCUT2D eigenvalue weighted by molar-refractivity contribution is 0.0204. The zero-order chi connectivity index (χ0) is 11.1. The van der Waals surface area contributed by atoms with Crippen molar-refractivity contribution in [2.45, 2.75) is 51.4 Å². The molecule has 15 heavy (non-hydrogen) atoms.